The Morgan fingerprint density at radius 3 is 2.31 bits per heavy atom. The van der Waals surface area contributed by atoms with Gasteiger partial charge in [-0.15, -0.1) is 11.3 Å². The molecule has 0 aliphatic heterocycles. The molecule has 1 heterocycles. The molecule has 2 aromatic rings. The first-order valence-corrected chi connectivity index (χ1v) is 8.76. The maximum Gasteiger partial charge on any atom is 0.349 e. The van der Waals surface area contributed by atoms with E-state index >= 15 is 0 Å². The zero-order valence-electron chi connectivity index (χ0n) is 14.5. The van der Waals surface area contributed by atoms with Gasteiger partial charge >= 0.3 is 12.0 Å². The number of urea groups is 1. The lowest BCUT2D eigenvalue weighted by molar-refractivity contribution is -0.127. The highest BCUT2D eigenvalue weighted by Gasteiger charge is 2.22. The molecule has 0 bridgehead atoms. The quantitative estimate of drug-likeness (QED) is 0.782. The summed E-state index contributed by atoms with van der Waals surface area (Å²) in [6.45, 7) is 4.89. The fourth-order valence-corrected chi connectivity index (χ4v) is 2.90. The van der Waals surface area contributed by atoms with Crippen LogP contribution in [0.3, 0.4) is 0 Å². The second-order valence-electron chi connectivity index (χ2n) is 5.84. The Balaban J connectivity index is 1.96. The summed E-state index contributed by atoms with van der Waals surface area (Å²) in [5.41, 5.74) is 0.770. The Morgan fingerprint density at radius 2 is 1.69 bits per heavy atom. The number of thiophene rings is 1. The Labute approximate surface area is 154 Å². The van der Waals surface area contributed by atoms with Gasteiger partial charge in [0.1, 0.15) is 10.7 Å². The van der Waals surface area contributed by atoms with Crippen LogP contribution >= 0.6 is 11.3 Å². The molecule has 0 fully saturated rings. The molecule has 0 spiro atoms. The van der Waals surface area contributed by atoms with E-state index in [0.29, 0.717) is 4.88 Å². The van der Waals surface area contributed by atoms with Gasteiger partial charge in [0.25, 0.3) is 5.91 Å². The average molecular weight is 378 g/mol. The smallest absolute Gasteiger partial charge is 0.349 e. The Bertz CT molecular complexity index is 802. The van der Waals surface area contributed by atoms with Crippen molar-refractivity contribution in [3.8, 4) is 10.4 Å². The molecule has 0 saturated heterocycles. The third kappa shape index (κ3) is 5.38. The minimum absolute atomic E-state index is 0.128. The second-order valence-corrected chi connectivity index (χ2v) is 6.92. The molecule has 1 aromatic carbocycles. The fraction of sp³-hybridized carbons (Fsp3) is 0.278. The van der Waals surface area contributed by atoms with Crippen LogP contribution in [-0.4, -0.2) is 30.1 Å². The summed E-state index contributed by atoms with van der Waals surface area (Å²) in [4.78, 5) is 36.6. The van der Waals surface area contributed by atoms with Crippen LogP contribution in [0, 0.1) is 5.82 Å². The molecule has 0 radical (unpaired) electrons. The zero-order valence-corrected chi connectivity index (χ0v) is 15.4. The van der Waals surface area contributed by atoms with Gasteiger partial charge in [-0.1, -0.05) is 12.1 Å². The Morgan fingerprint density at radius 1 is 1.04 bits per heavy atom. The van der Waals surface area contributed by atoms with E-state index in [4.69, 9.17) is 4.74 Å². The molecule has 1 atom stereocenters. The Hall–Kier alpha value is -2.74. The summed E-state index contributed by atoms with van der Waals surface area (Å²) in [6.07, 6.45) is -1.13. The highest BCUT2D eigenvalue weighted by Crippen LogP contribution is 2.28. The van der Waals surface area contributed by atoms with E-state index in [1.54, 1.807) is 38.1 Å². The van der Waals surface area contributed by atoms with Crippen molar-refractivity contribution < 1.29 is 23.5 Å². The first-order chi connectivity index (χ1) is 12.3. The highest BCUT2D eigenvalue weighted by molar-refractivity contribution is 7.17. The van der Waals surface area contributed by atoms with Gasteiger partial charge in [-0.3, -0.25) is 10.1 Å². The van der Waals surface area contributed by atoms with Gasteiger partial charge in [-0.05, 0) is 50.6 Å². The average Bonchev–Trinajstić information content (AvgIpc) is 3.04. The molecule has 0 unspecified atom stereocenters. The zero-order chi connectivity index (χ0) is 19.3. The van der Waals surface area contributed by atoms with Gasteiger partial charge in [-0.25, -0.2) is 14.0 Å². The predicted octanol–water partition coefficient (Wildman–Crippen LogP) is 3.33. The molecule has 3 amide bonds. The highest BCUT2D eigenvalue weighted by atomic mass is 32.1. The van der Waals surface area contributed by atoms with Gasteiger partial charge in [0, 0.05) is 10.9 Å². The lowest BCUT2D eigenvalue weighted by atomic mass is 10.2. The number of hydrogen-bond donors (Lipinski definition) is 2. The monoisotopic (exact) mass is 378 g/mol. The largest absolute Gasteiger partial charge is 0.448 e. The first kappa shape index (κ1) is 19.6. The van der Waals surface area contributed by atoms with Crippen LogP contribution in [0.1, 0.15) is 30.4 Å². The normalized spacial score (nSPS) is 11.7. The van der Waals surface area contributed by atoms with E-state index in [-0.39, 0.29) is 11.9 Å². The lowest BCUT2D eigenvalue weighted by Gasteiger charge is -2.13. The number of benzene rings is 1. The van der Waals surface area contributed by atoms with Crippen molar-refractivity contribution in [2.24, 2.45) is 0 Å². The number of halogens is 1. The van der Waals surface area contributed by atoms with E-state index < -0.39 is 24.0 Å². The third-order valence-electron chi connectivity index (χ3n) is 3.25. The van der Waals surface area contributed by atoms with E-state index in [1.165, 1.54) is 30.4 Å². The van der Waals surface area contributed by atoms with Gasteiger partial charge in [0.15, 0.2) is 6.10 Å². The fourth-order valence-electron chi connectivity index (χ4n) is 2.00. The number of rotatable bonds is 5. The molecule has 26 heavy (non-hydrogen) atoms. The van der Waals surface area contributed by atoms with Crippen molar-refractivity contribution in [2.45, 2.75) is 32.9 Å². The van der Waals surface area contributed by atoms with E-state index in [2.05, 4.69) is 10.6 Å². The molecule has 1 aromatic heterocycles. The maximum atomic E-state index is 13.0. The molecule has 2 rings (SSSR count). The summed E-state index contributed by atoms with van der Waals surface area (Å²) in [5.74, 6) is -1.73. The van der Waals surface area contributed by atoms with Crippen LogP contribution < -0.4 is 10.6 Å². The topological polar surface area (TPSA) is 84.5 Å². The van der Waals surface area contributed by atoms with Gasteiger partial charge in [-0.2, -0.15) is 0 Å². The standard InChI is InChI=1S/C18H19FN2O4S/c1-10(2)20-18(24)21-16(22)11(3)25-17(23)15-9-8-14(26-15)12-4-6-13(19)7-5-12/h4-11H,1-3H3,(H2,20,21,22,24)/t11-/m1/s1. The third-order valence-corrected chi connectivity index (χ3v) is 4.36. The van der Waals surface area contributed by atoms with Crippen LogP contribution in [-0.2, 0) is 9.53 Å². The van der Waals surface area contributed by atoms with Crippen molar-refractivity contribution in [1.29, 1.82) is 0 Å². The van der Waals surface area contributed by atoms with Crippen molar-refractivity contribution in [2.75, 3.05) is 0 Å². The van der Waals surface area contributed by atoms with Crippen molar-refractivity contribution in [1.82, 2.24) is 10.6 Å². The Kier molecular flexibility index (Phi) is 6.46. The van der Waals surface area contributed by atoms with Crippen molar-refractivity contribution in [3.05, 3.63) is 47.1 Å². The summed E-state index contributed by atoms with van der Waals surface area (Å²) in [5, 5.41) is 4.61. The molecular formula is C18H19FN2O4S. The number of nitrogens with one attached hydrogen (secondary N) is 2. The molecule has 0 aliphatic rings. The number of carbonyl (C=O) groups excluding carboxylic acids is 3. The van der Waals surface area contributed by atoms with E-state index in [1.807, 2.05) is 0 Å². The van der Waals surface area contributed by atoms with Crippen LogP contribution in [0.5, 0.6) is 0 Å². The van der Waals surface area contributed by atoms with E-state index in [0.717, 1.165) is 10.4 Å². The maximum absolute atomic E-state index is 13.0. The second kappa shape index (κ2) is 8.57. The molecule has 8 heteroatoms. The van der Waals surface area contributed by atoms with Crippen molar-refractivity contribution in [3.63, 3.8) is 0 Å². The van der Waals surface area contributed by atoms with Crippen LogP contribution in [0.25, 0.3) is 10.4 Å². The minimum Gasteiger partial charge on any atom is -0.448 e. The van der Waals surface area contributed by atoms with E-state index in [9.17, 15) is 18.8 Å². The number of esters is 1. The summed E-state index contributed by atoms with van der Waals surface area (Å²) in [7, 11) is 0. The summed E-state index contributed by atoms with van der Waals surface area (Å²) >= 11 is 1.17. The SMILES string of the molecule is CC(C)NC(=O)NC(=O)[C@@H](C)OC(=O)c1ccc(-c2ccc(F)cc2)s1. The van der Waals surface area contributed by atoms with Crippen LogP contribution in [0.4, 0.5) is 9.18 Å². The lowest BCUT2D eigenvalue weighted by Crippen LogP contribution is -2.46. The number of ether oxygens (including phenoxy) is 1. The minimum atomic E-state index is -1.13. The molecule has 6 nitrogen and oxygen atoms in total. The molecule has 0 aliphatic carbocycles. The number of hydrogen-bond acceptors (Lipinski definition) is 5. The summed E-state index contributed by atoms with van der Waals surface area (Å²) in [6, 6.07) is 8.40. The van der Waals surface area contributed by atoms with Crippen LogP contribution in [0.2, 0.25) is 0 Å². The summed E-state index contributed by atoms with van der Waals surface area (Å²) < 4.78 is 18.1. The molecular weight excluding hydrogens is 359 g/mol. The van der Waals surface area contributed by atoms with Crippen molar-refractivity contribution >= 4 is 29.2 Å². The number of amides is 3. The van der Waals surface area contributed by atoms with Gasteiger partial charge < -0.3 is 10.1 Å². The number of imide groups is 1. The molecule has 0 saturated carbocycles. The van der Waals surface area contributed by atoms with Crippen LogP contribution in [0.15, 0.2) is 36.4 Å². The van der Waals surface area contributed by atoms with Gasteiger partial charge in [0.05, 0.1) is 0 Å². The molecule has 2 N–H and O–H groups in total. The first-order valence-electron chi connectivity index (χ1n) is 7.94. The predicted molar refractivity (Wildman–Crippen MR) is 96.4 cm³/mol. The number of carbonyl (C=O) groups is 3. The van der Waals surface area contributed by atoms with Gasteiger partial charge in [0.2, 0.25) is 0 Å². The molecule has 138 valence electrons.